The highest BCUT2D eigenvalue weighted by Crippen LogP contribution is 2.38. The molecule has 0 saturated carbocycles. The van der Waals surface area contributed by atoms with Crippen LogP contribution in [0.4, 0.5) is 11.4 Å². The molecule has 0 saturated heterocycles. The zero-order chi connectivity index (χ0) is 14.2. The maximum Gasteiger partial charge on any atom is 0.123 e. The first-order valence-electron chi connectivity index (χ1n) is 7.04. The van der Waals surface area contributed by atoms with Crippen molar-refractivity contribution in [3.63, 3.8) is 0 Å². The molecule has 104 valence electrons. The molecule has 1 aliphatic heterocycles. The molecule has 3 heteroatoms. The van der Waals surface area contributed by atoms with Crippen molar-refractivity contribution in [2.45, 2.75) is 6.17 Å². The van der Waals surface area contributed by atoms with E-state index in [1.807, 2.05) is 12.1 Å². The minimum atomic E-state index is 0.0422. The molecule has 3 aromatic carbocycles. The first kappa shape index (κ1) is 12.1. The third-order valence-electron chi connectivity index (χ3n) is 3.93. The van der Waals surface area contributed by atoms with Crippen LogP contribution in [0.15, 0.2) is 60.7 Å². The lowest BCUT2D eigenvalue weighted by Gasteiger charge is -2.30. The van der Waals surface area contributed by atoms with Crippen LogP contribution in [0.1, 0.15) is 11.7 Å². The maximum atomic E-state index is 5.32. The molecule has 21 heavy (non-hydrogen) atoms. The van der Waals surface area contributed by atoms with Gasteiger partial charge < -0.3 is 15.4 Å². The predicted molar refractivity (Wildman–Crippen MR) is 86.9 cm³/mol. The van der Waals surface area contributed by atoms with Crippen LogP contribution in [0, 0.1) is 0 Å². The van der Waals surface area contributed by atoms with Crippen LogP contribution in [0.25, 0.3) is 10.8 Å². The molecule has 0 amide bonds. The lowest BCUT2D eigenvalue weighted by Crippen LogP contribution is -2.23. The highest BCUT2D eigenvalue weighted by molar-refractivity contribution is 6.04. The van der Waals surface area contributed by atoms with Gasteiger partial charge in [-0.05, 0) is 35.2 Å². The van der Waals surface area contributed by atoms with Gasteiger partial charge in [0, 0.05) is 16.8 Å². The summed E-state index contributed by atoms with van der Waals surface area (Å²) >= 11 is 0. The first-order valence-corrected chi connectivity index (χ1v) is 7.04. The number of anilines is 2. The second-order valence-corrected chi connectivity index (χ2v) is 5.21. The molecule has 1 aliphatic rings. The van der Waals surface area contributed by atoms with E-state index < -0.39 is 0 Å². The Labute approximate surface area is 123 Å². The molecule has 0 unspecified atom stereocenters. The number of rotatable bonds is 2. The van der Waals surface area contributed by atoms with Gasteiger partial charge in [-0.1, -0.05) is 36.4 Å². The molecule has 0 radical (unpaired) electrons. The molecular weight excluding hydrogens is 260 g/mol. The molecule has 0 aromatic heterocycles. The van der Waals surface area contributed by atoms with E-state index in [1.165, 1.54) is 10.8 Å². The fourth-order valence-corrected chi connectivity index (χ4v) is 2.92. The SMILES string of the molecule is COc1cccc(C2Nc3cccc4cccc(c34)N2)c1. The van der Waals surface area contributed by atoms with Crippen LogP contribution >= 0.6 is 0 Å². The van der Waals surface area contributed by atoms with Crippen molar-refractivity contribution >= 4 is 22.1 Å². The van der Waals surface area contributed by atoms with Crippen LogP contribution in [-0.2, 0) is 0 Å². The molecule has 0 fully saturated rings. The average Bonchev–Trinajstić information content (AvgIpc) is 2.55. The van der Waals surface area contributed by atoms with Crippen LogP contribution in [-0.4, -0.2) is 7.11 Å². The zero-order valence-corrected chi connectivity index (χ0v) is 11.8. The lowest BCUT2D eigenvalue weighted by atomic mass is 10.0. The molecule has 0 atom stereocenters. The Morgan fingerprint density at radius 3 is 2.19 bits per heavy atom. The van der Waals surface area contributed by atoms with Crippen LogP contribution in [0.3, 0.4) is 0 Å². The molecule has 3 aromatic rings. The number of nitrogens with one attached hydrogen (secondary N) is 2. The van der Waals surface area contributed by atoms with Gasteiger partial charge in [0.2, 0.25) is 0 Å². The van der Waals surface area contributed by atoms with Crippen LogP contribution in [0.5, 0.6) is 5.75 Å². The van der Waals surface area contributed by atoms with Crippen molar-refractivity contribution in [1.82, 2.24) is 0 Å². The third-order valence-corrected chi connectivity index (χ3v) is 3.93. The van der Waals surface area contributed by atoms with E-state index >= 15 is 0 Å². The molecule has 0 bridgehead atoms. The highest BCUT2D eigenvalue weighted by Gasteiger charge is 2.20. The van der Waals surface area contributed by atoms with E-state index in [2.05, 4.69) is 59.2 Å². The summed E-state index contributed by atoms with van der Waals surface area (Å²) in [6.07, 6.45) is 0.0422. The molecule has 0 aliphatic carbocycles. The van der Waals surface area contributed by atoms with Gasteiger partial charge in [-0.2, -0.15) is 0 Å². The summed E-state index contributed by atoms with van der Waals surface area (Å²) in [5.41, 5.74) is 3.48. The maximum absolute atomic E-state index is 5.32. The third kappa shape index (κ3) is 1.98. The summed E-state index contributed by atoms with van der Waals surface area (Å²) in [7, 11) is 1.69. The normalized spacial score (nSPS) is 13.6. The summed E-state index contributed by atoms with van der Waals surface area (Å²) in [6, 6.07) is 20.8. The van der Waals surface area contributed by atoms with Gasteiger partial charge in [0.05, 0.1) is 7.11 Å². The van der Waals surface area contributed by atoms with Crippen molar-refractivity contribution in [3.8, 4) is 5.75 Å². The van der Waals surface area contributed by atoms with Gasteiger partial charge in [-0.15, -0.1) is 0 Å². The molecule has 3 nitrogen and oxygen atoms in total. The lowest BCUT2D eigenvalue weighted by molar-refractivity contribution is 0.414. The fourth-order valence-electron chi connectivity index (χ4n) is 2.92. The number of benzene rings is 3. The van der Waals surface area contributed by atoms with Gasteiger partial charge in [0.25, 0.3) is 0 Å². The average molecular weight is 276 g/mol. The van der Waals surface area contributed by atoms with E-state index in [0.717, 1.165) is 22.7 Å². The van der Waals surface area contributed by atoms with Crippen LogP contribution in [0.2, 0.25) is 0 Å². The quantitative estimate of drug-likeness (QED) is 0.728. The van der Waals surface area contributed by atoms with Gasteiger partial charge in [-0.3, -0.25) is 0 Å². The van der Waals surface area contributed by atoms with Crippen molar-refractivity contribution in [2.24, 2.45) is 0 Å². The fraction of sp³-hybridized carbons (Fsp3) is 0.111. The second-order valence-electron chi connectivity index (χ2n) is 5.21. The van der Waals surface area contributed by atoms with Crippen molar-refractivity contribution in [2.75, 3.05) is 17.7 Å². The molecule has 2 N–H and O–H groups in total. The second kappa shape index (κ2) is 4.70. The minimum absolute atomic E-state index is 0.0422. The van der Waals surface area contributed by atoms with Crippen molar-refractivity contribution < 1.29 is 4.74 Å². The van der Waals surface area contributed by atoms with Gasteiger partial charge >= 0.3 is 0 Å². The monoisotopic (exact) mass is 276 g/mol. The minimum Gasteiger partial charge on any atom is -0.497 e. The van der Waals surface area contributed by atoms with Gasteiger partial charge in [-0.25, -0.2) is 0 Å². The zero-order valence-electron chi connectivity index (χ0n) is 11.8. The summed E-state index contributed by atoms with van der Waals surface area (Å²) in [5.74, 6) is 0.869. The number of ether oxygens (including phenoxy) is 1. The summed E-state index contributed by atoms with van der Waals surface area (Å²) < 4.78 is 5.32. The molecule has 1 heterocycles. The Bertz CT molecular complexity index is 772. The van der Waals surface area contributed by atoms with E-state index in [1.54, 1.807) is 7.11 Å². The Hall–Kier alpha value is -2.68. The van der Waals surface area contributed by atoms with E-state index in [0.29, 0.717) is 0 Å². The van der Waals surface area contributed by atoms with E-state index in [-0.39, 0.29) is 6.17 Å². The van der Waals surface area contributed by atoms with E-state index in [4.69, 9.17) is 4.74 Å². The standard InChI is InChI=1S/C18H16N2O/c1-21-14-8-2-7-13(11-14)18-19-15-9-3-5-12-6-4-10-16(20-18)17(12)15/h2-11,18-20H,1H3. The first-order chi connectivity index (χ1) is 10.3. The number of hydrogen-bond acceptors (Lipinski definition) is 3. The summed E-state index contributed by atoms with van der Waals surface area (Å²) in [5, 5.41) is 9.62. The topological polar surface area (TPSA) is 33.3 Å². The summed E-state index contributed by atoms with van der Waals surface area (Å²) in [4.78, 5) is 0. The molecule has 4 rings (SSSR count). The largest absolute Gasteiger partial charge is 0.497 e. The Balaban J connectivity index is 1.79. The number of hydrogen-bond donors (Lipinski definition) is 2. The van der Waals surface area contributed by atoms with E-state index in [9.17, 15) is 0 Å². The smallest absolute Gasteiger partial charge is 0.123 e. The van der Waals surface area contributed by atoms with Crippen LogP contribution < -0.4 is 15.4 Å². The van der Waals surface area contributed by atoms with Gasteiger partial charge in [0.1, 0.15) is 11.9 Å². The predicted octanol–water partition coefficient (Wildman–Crippen LogP) is 4.38. The molecule has 0 spiro atoms. The Morgan fingerprint density at radius 1 is 0.857 bits per heavy atom. The Morgan fingerprint density at radius 2 is 1.52 bits per heavy atom. The number of methoxy groups -OCH3 is 1. The highest BCUT2D eigenvalue weighted by atomic mass is 16.5. The van der Waals surface area contributed by atoms with Crippen molar-refractivity contribution in [1.29, 1.82) is 0 Å². The molecular formula is C18H16N2O. The summed E-state index contributed by atoms with van der Waals surface area (Å²) in [6.45, 7) is 0. The van der Waals surface area contributed by atoms with Gasteiger partial charge in [0.15, 0.2) is 0 Å². The Kier molecular flexibility index (Phi) is 2.71. The van der Waals surface area contributed by atoms with Crippen molar-refractivity contribution in [3.05, 3.63) is 66.2 Å².